The Morgan fingerprint density at radius 1 is 1.02 bits per heavy atom. The van der Waals surface area contributed by atoms with Gasteiger partial charge in [0.15, 0.2) is 11.5 Å². The van der Waals surface area contributed by atoms with Crippen LogP contribution in [0.15, 0.2) is 67.0 Å². The number of benzene rings is 3. The summed E-state index contributed by atoms with van der Waals surface area (Å²) in [6, 6.07) is 18.6. The molecule has 1 N–H and O–H groups in total. The average Bonchev–Trinajstić information content (AvgIpc) is 3.14. The van der Waals surface area contributed by atoms with E-state index in [0.29, 0.717) is 59.4 Å². The molecule has 0 radical (unpaired) electrons. The number of pyridine rings is 1. The van der Waals surface area contributed by atoms with Gasteiger partial charge < -0.3 is 18.9 Å². The zero-order valence-corrected chi connectivity index (χ0v) is 30.8. The maximum Gasteiger partial charge on any atom is 0.303 e. The molecular formula is C38H40ClN5O7S. The minimum absolute atomic E-state index is 0.109. The van der Waals surface area contributed by atoms with E-state index < -0.39 is 22.2 Å². The smallest absolute Gasteiger partial charge is 0.303 e. The first-order valence-corrected chi connectivity index (χ1v) is 18.7. The molecule has 1 saturated heterocycles. The number of hydrogen-bond acceptors (Lipinski definition) is 10. The van der Waals surface area contributed by atoms with Gasteiger partial charge in [0.1, 0.15) is 44.0 Å². The molecule has 14 heteroatoms. The first-order chi connectivity index (χ1) is 25.0. The van der Waals surface area contributed by atoms with Crippen molar-refractivity contribution < 1.29 is 32.2 Å². The van der Waals surface area contributed by atoms with Gasteiger partial charge >= 0.3 is 10.2 Å². The van der Waals surface area contributed by atoms with Crippen molar-refractivity contribution >= 4 is 27.7 Å². The lowest BCUT2D eigenvalue weighted by atomic mass is 9.96. The Morgan fingerprint density at radius 2 is 1.81 bits per heavy atom. The summed E-state index contributed by atoms with van der Waals surface area (Å²) >= 11 is 6.86. The van der Waals surface area contributed by atoms with Crippen molar-refractivity contribution in [1.29, 1.82) is 5.26 Å². The molecule has 0 bridgehead atoms. The minimum atomic E-state index is -3.96. The molecule has 0 spiro atoms. The van der Waals surface area contributed by atoms with Crippen LogP contribution < -0.4 is 23.7 Å². The van der Waals surface area contributed by atoms with Crippen LogP contribution in [0.1, 0.15) is 47.1 Å². The first-order valence-electron chi connectivity index (χ1n) is 16.9. The molecule has 0 saturated carbocycles. The summed E-state index contributed by atoms with van der Waals surface area (Å²) in [5, 5.41) is 9.71. The van der Waals surface area contributed by atoms with Crippen molar-refractivity contribution in [2.24, 2.45) is 0 Å². The number of nitrogens with zero attached hydrogens (tertiary/aromatic N) is 4. The molecule has 6 rings (SSSR count). The number of amides is 1. The van der Waals surface area contributed by atoms with E-state index in [4.69, 9.17) is 30.5 Å². The van der Waals surface area contributed by atoms with Gasteiger partial charge in [0.25, 0.3) is 5.91 Å². The molecule has 1 fully saturated rings. The van der Waals surface area contributed by atoms with Crippen LogP contribution in [0.2, 0.25) is 5.02 Å². The fraction of sp³-hybridized carbons (Fsp3) is 0.342. The van der Waals surface area contributed by atoms with Gasteiger partial charge in [0, 0.05) is 50.2 Å². The quantitative estimate of drug-likeness (QED) is 0.189. The van der Waals surface area contributed by atoms with Crippen molar-refractivity contribution in [3.8, 4) is 40.2 Å². The Bertz CT molecular complexity index is 2100. The number of carbonyl (C=O) groups is 1. The molecule has 272 valence electrons. The van der Waals surface area contributed by atoms with E-state index in [1.807, 2.05) is 42.2 Å². The first kappa shape index (κ1) is 36.9. The Balaban J connectivity index is 1.26. The van der Waals surface area contributed by atoms with Crippen LogP contribution in [0.4, 0.5) is 0 Å². The van der Waals surface area contributed by atoms with E-state index >= 15 is 0 Å². The van der Waals surface area contributed by atoms with Gasteiger partial charge in [-0.15, -0.1) is 0 Å². The third-order valence-corrected chi connectivity index (χ3v) is 10.8. The van der Waals surface area contributed by atoms with Gasteiger partial charge in [-0.25, -0.2) is 4.72 Å². The highest BCUT2D eigenvalue weighted by Crippen LogP contribution is 2.38. The number of nitriles is 1. The minimum Gasteiger partial charge on any atom is -0.488 e. The number of halogens is 1. The molecule has 4 aromatic rings. The van der Waals surface area contributed by atoms with Crippen molar-refractivity contribution in [2.75, 3.05) is 33.9 Å². The van der Waals surface area contributed by atoms with Gasteiger partial charge in [-0.1, -0.05) is 42.3 Å². The summed E-state index contributed by atoms with van der Waals surface area (Å²) in [6.07, 6.45) is 5.22. The Labute approximate surface area is 309 Å². The lowest BCUT2D eigenvalue weighted by Gasteiger charge is -2.35. The standard InChI is InChI=1S/C38H40ClN5O7S/c1-25-29(7-6-8-31(25)28-10-11-34-37(17-28)49-14-13-48-34)24-51-36-18-35(50-23-27-15-26(19-40)20-41-21-27)30(16-32(36)39)22-44-12-5-4-9-33(44)38(45)42-52(46,47)43(2)3/h6-8,10-11,15-18,20-21,33H,4-5,9,12-14,22-24H2,1-3H3,(H,42,45). The second-order valence-corrected chi connectivity index (χ2v) is 15.1. The van der Waals surface area contributed by atoms with Crippen molar-refractivity contribution in [3.05, 3.63) is 99.8 Å². The van der Waals surface area contributed by atoms with Crippen LogP contribution in [0.25, 0.3) is 11.1 Å². The summed E-state index contributed by atoms with van der Waals surface area (Å²) in [7, 11) is -1.23. The van der Waals surface area contributed by atoms with Crippen LogP contribution in [0.3, 0.4) is 0 Å². The third-order valence-electron chi connectivity index (χ3n) is 9.12. The average molecular weight is 746 g/mol. The van der Waals surface area contributed by atoms with Crippen LogP contribution in [-0.4, -0.2) is 68.4 Å². The van der Waals surface area contributed by atoms with E-state index in [1.165, 1.54) is 20.3 Å². The predicted molar refractivity (Wildman–Crippen MR) is 195 cm³/mol. The molecule has 1 amide bonds. The van der Waals surface area contributed by atoms with Crippen molar-refractivity contribution in [2.45, 2.75) is 52.0 Å². The van der Waals surface area contributed by atoms with Gasteiger partial charge in [-0.3, -0.25) is 14.7 Å². The number of piperidine rings is 1. The number of rotatable bonds is 12. The van der Waals surface area contributed by atoms with Crippen LogP contribution in [0, 0.1) is 18.3 Å². The second-order valence-electron chi connectivity index (χ2n) is 12.8. The molecule has 3 aromatic carbocycles. The highest BCUT2D eigenvalue weighted by atomic mass is 35.5. The lowest BCUT2D eigenvalue weighted by Crippen LogP contribution is -2.52. The number of ether oxygens (including phenoxy) is 4. The Hall–Kier alpha value is -4.87. The zero-order valence-electron chi connectivity index (χ0n) is 29.2. The molecule has 3 heterocycles. The van der Waals surface area contributed by atoms with Gasteiger partial charge in [-0.2, -0.15) is 18.0 Å². The number of carbonyl (C=O) groups excluding carboxylic acids is 1. The topological polar surface area (TPSA) is 143 Å². The number of fused-ring (bicyclic) bond motifs is 1. The molecule has 2 aliphatic heterocycles. The predicted octanol–water partition coefficient (Wildman–Crippen LogP) is 5.79. The highest BCUT2D eigenvalue weighted by molar-refractivity contribution is 7.87. The molecule has 2 aliphatic rings. The van der Waals surface area contributed by atoms with Gasteiger partial charge in [-0.05, 0) is 72.8 Å². The van der Waals surface area contributed by atoms with Crippen molar-refractivity contribution in [1.82, 2.24) is 18.9 Å². The largest absolute Gasteiger partial charge is 0.488 e. The van der Waals surface area contributed by atoms with E-state index in [0.717, 1.165) is 50.9 Å². The fourth-order valence-electron chi connectivity index (χ4n) is 6.23. The summed E-state index contributed by atoms with van der Waals surface area (Å²) in [5.41, 5.74) is 5.83. The Kier molecular flexibility index (Phi) is 11.5. The summed E-state index contributed by atoms with van der Waals surface area (Å²) < 4.78 is 52.3. The highest BCUT2D eigenvalue weighted by Gasteiger charge is 2.32. The van der Waals surface area contributed by atoms with E-state index in [2.05, 4.69) is 21.8 Å². The molecule has 0 aliphatic carbocycles. The lowest BCUT2D eigenvalue weighted by molar-refractivity contribution is -0.126. The molecule has 52 heavy (non-hydrogen) atoms. The number of nitrogens with one attached hydrogen (secondary N) is 1. The molecule has 1 atom stereocenters. The summed E-state index contributed by atoms with van der Waals surface area (Å²) in [5.74, 6) is 1.73. The van der Waals surface area contributed by atoms with E-state index in [-0.39, 0.29) is 19.8 Å². The fourth-order valence-corrected chi connectivity index (χ4v) is 7.05. The Morgan fingerprint density at radius 3 is 2.60 bits per heavy atom. The second kappa shape index (κ2) is 16.2. The van der Waals surface area contributed by atoms with E-state index in [9.17, 15) is 18.5 Å². The molecular weight excluding hydrogens is 706 g/mol. The summed E-state index contributed by atoms with van der Waals surface area (Å²) in [4.78, 5) is 19.3. The number of aromatic nitrogens is 1. The zero-order chi connectivity index (χ0) is 36.8. The van der Waals surface area contributed by atoms with Crippen LogP contribution in [-0.2, 0) is 34.8 Å². The number of likely N-dealkylation sites (tertiary alicyclic amines) is 1. The molecule has 1 aromatic heterocycles. The maximum atomic E-state index is 13.2. The van der Waals surface area contributed by atoms with Crippen LogP contribution >= 0.6 is 11.6 Å². The normalized spacial score (nSPS) is 15.9. The van der Waals surface area contributed by atoms with Crippen molar-refractivity contribution in [3.63, 3.8) is 0 Å². The SMILES string of the molecule is Cc1c(COc2cc(OCc3cncc(C#N)c3)c(CN3CCCCC3C(=O)NS(=O)(=O)N(C)C)cc2Cl)cccc1-c1ccc2c(c1)OCCO2. The van der Waals surface area contributed by atoms with Gasteiger partial charge in [0.2, 0.25) is 0 Å². The molecule has 12 nitrogen and oxygen atoms in total. The van der Waals surface area contributed by atoms with Crippen LogP contribution in [0.5, 0.6) is 23.0 Å². The maximum absolute atomic E-state index is 13.2. The number of hydrogen-bond donors (Lipinski definition) is 1. The molecule has 1 unspecified atom stereocenters. The monoisotopic (exact) mass is 745 g/mol. The van der Waals surface area contributed by atoms with Gasteiger partial charge in [0.05, 0.1) is 16.6 Å². The summed E-state index contributed by atoms with van der Waals surface area (Å²) in [6.45, 7) is 4.25. The van der Waals surface area contributed by atoms with E-state index in [1.54, 1.807) is 24.4 Å². The third kappa shape index (κ3) is 8.59.